The van der Waals surface area contributed by atoms with E-state index in [0.717, 1.165) is 25.9 Å². The van der Waals surface area contributed by atoms with Gasteiger partial charge in [-0.3, -0.25) is 0 Å². The van der Waals surface area contributed by atoms with E-state index in [1.807, 2.05) is 6.92 Å². The highest BCUT2D eigenvalue weighted by molar-refractivity contribution is 4.84. The minimum Gasteiger partial charge on any atom is -0.353 e. The maximum atomic E-state index is 5.56. The Hall–Kier alpha value is -0.340. The lowest BCUT2D eigenvalue weighted by Crippen LogP contribution is -2.29. The van der Waals surface area contributed by atoms with E-state index in [0.29, 0.717) is 6.10 Å². The fourth-order valence-electron chi connectivity index (χ4n) is 1.33. The van der Waals surface area contributed by atoms with Crippen LogP contribution in [-0.2, 0) is 9.47 Å². The Labute approximate surface area is 74.6 Å². The van der Waals surface area contributed by atoms with Gasteiger partial charge in [-0.05, 0) is 26.2 Å². The van der Waals surface area contributed by atoms with Crippen molar-refractivity contribution in [2.24, 2.45) is 0 Å². The van der Waals surface area contributed by atoms with Crippen LogP contribution in [0.2, 0.25) is 0 Å². The van der Waals surface area contributed by atoms with Gasteiger partial charge in [0.25, 0.3) is 0 Å². The molecule has 1 unspecified atom stereocenters. The van der Waals surface area contributed by atoms with Crippen LogP contribution in [0.1, 0.15) is 33.1 Å². The molecular weight excluding hydrogens is 152 g/mol. The van der Waals surface area contributed by atoms with Gasteiger partial charge in [-0.15, -0.1) is 0 Å². The lowest BCUT2D eigenvalue weighted by atomic mass is 10.1. The first kappa shape index (κ1) is 9.75. The third-order valence-electron chi connectivity index (χ3n) is 1.98. The second-order valence-electron chi connectivity index (χ2n) is 3.10. The van der Waals surface area contributed by atoms with E-state index in [1.165, 1.54) is 0 Å². The summed E-state index contributed by atoms with van der Waals surface area (Å²) >= 11 is 0. The van der Waals surface area contributed by atoms with Gasteiger partial charge in [-0.2, -0.15) is 0 Å². The zero-order valence-corrected chi connectivity index (χ0v) is 7.95. The van der Waals surface area contributed by atoms with Crippen LogP contribution < -0.4 is 0 Å². The Morgan fingerprint density at radius 2 is 2.25 bits per heavy atom. The average molecular weight is 170 g/mol. The van der Waals surface area contributed by atoms with Gasteiger partial charge < -0.3 is 9.47 Å². The van der Waals surface area contributed by atoms with Gasteiger partial charge in [0.15, 0.2) is 6.29 Å². The van der Waals surface area contributed by atoms with Crippen LogP contribution in [0.5, 0.6) is 0 Å². The molecule has 0 aromatic carbocycles. The maximum absolute atomic E-state index is 5.56. The van der Waals surface area contributed by atoms with Gasteiger partial charge in [0, 0.05) is 0 Å². The van der Waals surface area contributed by atoms with Gasteiger partial charge in [-0.25, -0.2) is 0 Å². The summed E-state index contributed by atoms with van der Waals surface area (Å²) in [5, 5.41) is 0. The Bertz CT molecular complexity index is 143. The predicted octanol–water partition coefficient (Wildman–Crippen LogP) is 2.49. The van der Waals surface area contributed by atoms with E-state index in [2.05, 4.69) is 19.1 Å². The van der Waals surface area contributed by atoms with Crippen molar-refractivity contribution in [2.75, 3.05) is 6.61 Å². The highest BCUT2D eigenvalue weighted by Gasteiger charge is 2.17. The normalized spacial score (nSPS) is 31.2. The molecule has 1 saturated heterocycles. The summed E-state index contributed by atoms with van der Waals surface area (Å²) in [5.74, 6) is 0. The average Bonchev–Trinajstić information content (AvgIpc) is 2.05. The van der Waals surface area contributed by atoms with Gasteiger partial charge in [-0.1, -0.05) is 19.1 Å². The number of hydrogen-bond donors (Lipinski definition) is 0. The van der Waals surface area contributed by atoms with Crippen LogP contribution in [0.4, 0.5) is 0 Å². The fraction of sp³-hybridized carbons (Fsp3) is 0.800. The highest BCUT2D eigenvalue weighted by Crippen LogP contribution is 2.15. The minimum absolute atomic E-state index is 0.0150. The zero-order chi connectivity index (χ0) is 8.81. The molecule has 0 aromatic rings. The summed E-state index contributed by atoms with van der Waals surface area (Å²) in [7, 11) is 0. The molecule has 0 aromatic heterocycles. The van der Waals surface area contributed by atoms with E-state index >= 15 is 0 Å². The molecule has 0 aliphatic carbocycles. The molecule has 1 aliphatic rings. The van der Waals surface area contributed by atoms with Gasteiger partial charge in [0.2, 0.25) is 0 Å². The first-order valence-electron chi connectivity index (χ1n) is 4.75. The van der Waals surface area contributed by atoms with Crippen molar-refractivity contribution >= 4 is 0 Å². The van der Waals surface area contributed by atoms with Crippen molar-refractivity contribution in [3.05, 3.63) is 12.2 Å². The second-order valence-corrected chi connectivity index (χ2v) is 3.10. The summed E-state index contributed by atoms with van der Waals surface area (Å²) in [6.45, 7) is 4.94. The summed E-state index contributed by atoms with van der Waals surface area (Å²) in [6.07, 6.45) is 7.90. The topological polar surface area (TPSA) is 18.5 Å². The third-order valence-corrected chi connectivity index (χ3v) is 1.98. The fourth-order valence-corrected chi connectivity index (χ4v) is 1.33. The molecular formula is C10H18O2. The van der Waals surface area contributed by atoms with Crippen molar-refractivity contribution < 1.29 is 9.47 Å². The number of ether oxygens (including phenoxy) is 2. The molecule has 2 atom stereocenters. The molecule has 1 rings (SSSR count). The smallest absolute Gasteiger partial charge is 0.155 e. The van der Waals surface area contributed by atoms with Crippen molar-refractivity contribution in [3.63, 3.8) is 0 Å². The van der Waals surface area contributed by atoms with Crippen molar-refractivity contribution in [3.8, 4) is 0 Å². The zero-order valence-electron chi connectivity index (χ0n) is 7.95. The number of hydrogen-bond acceptors (Lipinski definition) is 2. The van der Waals surface area contributed by atoms with Crippen LogP contribution in [-0.4, -0.2) is 19.0 Å². The van der Waals surface area contributed by atoms with Crippen LogP contribution in [0.15, 0.2) is 12.2 Å². The lowest BCUT2D eigenvalue weighted by Gasteiger charge is -2.27. The molecule has 1 fully saturated rings. The third kappa shape index (κ3) is 3.37. The largest absolute Gasteiger partial charge is 0.353 e. The van der Waals surface area contributed by atoms with Crippen LogP contribution in [0.3, 0.4) is 0 Å². The molecule has 0 spiro atoms. The van der Waals surface area contributed by atoms with Gasteiger partial charge in [0.05, 0.1) is 12.7 Å². The molecule has 0 bridgehead atoms. The quantitative estimate of drug-likeness (QED) is 0.606. The summed E-state index contributed by atoms with van der Waals surface area (Å²) in [6, 6.07) is 0. The monoisotopic (exact) mass is 170 g/mol. The van der Waals surface area contributed by atoms with Gasteiger partial charge >= 0.3 is 0 Å². The molecule has 0 amide bonds. The number of rotatable bonds is 3. The summed E-state index contributed by atoms with van der Waals surface area (Å²) in [4.78, 5) is 0. The van der Waals surface area contributed by atoms with Crippen molar-refractivity contribution in [1.82, 2.24) is 0 Å². The Kier molecular flexibility index (Phi) is 4.33. The Morgan fingerprint density at radius 3 is 2.92 bits per heavy atom. The van der Waals surface area contributed by atoms with Gasteiger partial charge in [0.1, 0.15) is 0 Å². The Morgan fingerprint density at radius 1 is 1.42 bits per heavy atom. The second kappa shape index (κ2) is 5.33. The Balaban J connectivity index is 2.18. The molecule has 1 heterocycles. The minimum atomic E-state index is -0.0150. The first-order chi connectivity index (χ1) is 5.83. The molecule has 70 valence electrons. The van der Waals surface area contributed by atoms with E-state index in [-0.39, 0.29) is 6.29 Å². The van der Waals surface area contributed by atoms with Crippen LogP contribution in [0.25, 0.3) is 0 Å². The number of allylic oxidation sites excluding steroid dienone is 1. The molecule has 12 heavy (non-hydrogen) atoms. The van der Waals surface area contributed by atoms with E-state index in [1.54, 1.807) is 0 Å². The van der Waals surface area contributed by atoms with E-state index < -0.39 is 0 Å². The van der Waals surface area contributed by atoms with Crippen molar-refractivity contribution in [2.45, 2.75) is 45.5 Å². The molecule has 0 N–H and O–H groups in total. The van der Waals surface area contributed by atoms with Crippen molar-refractivity contribution in [1.29, 1.82) is 0 Å². The summed E-state index contributed by atoms with van der Waals surface area (Å²) < 4.78 is 10.8. The molecule has 0 saturated carbocycles. The highest BCUT2D eigenvalue weighted by atomic mass is 16.7. The molecule has 1 aliphatic heterocycles. The molecule has 2 nitrogen and oxygen atoms in total. The maximum Gasteiger partial charge on any atom is 0.155 e. The first-order valence-corrected chi connectivity index (χ1v) is 4.75. The van der Waals surface area contributed by atoms with Crippen LogP contribution >= 0.6 is 0 Å². The standard InChI is InChI=1S/C10H18O2/c1-3-4-5-6-10-7-8-11-9(2)12-10/h4-5,9-10H,3,6-8H2,1-2H3/b5-4-/t9?,10-/m1/s1. The summed E-state index contributed by atoms with van der Waals surface area (Å²) in [5.41, 5.74) is 0. The molecule has 0 radical (unpaired) electrons. The predicted molar refractivity (Wildman–Crippen MR) is 49.0 cm³/mol. The molecule has 2 heteroatoms. The van der Waals surface area contributed by atoms with E-state index in [9.17, 15) is 0 Å². The van der Waals surface area contributed by atoms with E-state index in [4.69, 9.17) is 9.47 Å². The SMILES string of the molecule is CC/C=C\C[C@@H]1CCOC(C)O1. The van der Waals surface area contributed by atoms with Crippen LogP contribution in [0, 0.1) is 0 Å². The lowest BCUT2D eigenvalue weighted by molar-refractivity contribution is -0.201.